The van der Waals surface area contributed by atoms with Gasteiger partial charge in [0.2, 0.25) is 0 Å². The molecule has 0 bridgehead atoms. The van der Waals surface area contributed by atoms with Gasteiger partial charge in [0.1, 0.15) is 11.9 Å². The molecule has 0 saturated carbocycles. The molecular formula is C20H19N3. The molecule has 114 valence electrons. The van der Waals surface area contributed by atoms with Crippen LogP contribution in [0.1, 0.15) is 36.1 Å². The average molecular weight is 301 g/mol. The molecule has 2 aromatic carbocycles. The van der Waals surface area contributed by atoms with Crippen molar-refractivity contribution in [3.63, 3.8) is 0 Å². The number of aryl methyl sites for hydroxylation is 1. The minimum atomic E-state index is 0.135. The highest BCUT2D eigenvalue weighted by atomic mass is 15.0. The van der Waals surface area contributed by atoms with Crippen molar-refractivity contribution in [3.05, 3.63) is 71.3 Å². The molecule has 0 saturated heterocycles. The van der Waals surface area contributed by atoms with Gasteiger partial charge in [-0.25, -0.2) is 4.98 Å². The Hall–Kier alpha value is -2.86. The number of rotatable bonds is 4. The van der Waals surface area contributed by atoms with Crippen LogP contribution in [0.3, 0.4) is 0 Å². The van der Waals surface area contributed by atoms with E-state index in [1.165, 1.54) is 11.1 Å². The maximum Gasteiger partial charge on any atom is 0.145 e. The van der Waals surface area contributed by atoms with Crippen molar-refractivity contribution in [2.24, 2.45) is 0 Å². The molecule has 3 aromatic rings. The summed E-state index contributed by atoms with van der Waals surface area (Å²) in [6.45, 7) is 4.22. The molecule has 0 aliphatic carbocycles. The van der Waals surface area contributed by atoms with E-state index in [1.54, 1.807) is 0 Å². The Balaban J connectivity index is 2.00. The first-order chi connectivity index (χ1) is 11.2. The molecular weight excluding hydrogens is 282 g/mol. The first-order valence-electron chi connectivity index (χ1n) is 7.84. The summed E-state index contributed by atoms with van der Waals surface area (Å²) in [7, 11) is 0. The fraction of sp³-hybridized carbons (Fsp3) is 0.200. The van der Waals surface area contributed by atoms with E-state index in [0.29, 0.717) is 11.4 Å². The van der Waals surface area contributed by atoms with Gasteiger partial charge in [-0.1, -0.05) is 55.0 Å². The van der Waals surface area contributed by atoms with E-state index >= 15 is 0 Å². The van der Waals surface area contributed by atoms with Crippen LogP contribution >= 0.6 is 0 Å². The normalized spacial score (nSPS) is 11.9. The topological polar surface area (TPSA) is 48.7 Å². The molecule has 1 N–H and O–H groups in total. The Labute approximate surface area is 136 Å². The third-order valence-corrected chi connectivity index (χ3v) is 4.01. The second-order valence-electron chi connectivity index (χ2n) is 5.71. The lowest BCUT2D eigenvalue weighted by atomic mass is 10.0. The molecule has 0 spiro atoms. The third-order valence-electron chi connectivity index (χ3n) is 4.01. The Morgan fingerprint density at radius 3 is 2.70 bits per heavy atom. The molecule has 0 fully saturated rings. The van der Waals surface area contributed by atoms with E-state index in [0.717, 1.165) is 17.3 Å². The van der Waals surface area contributed by atoms with Crippen molar-refractivity contribution in [2.45, 2.75) is 26.3 Å². The number of anilines is 1. The first kappa shape index (κ1) is 15.1. The molecule has 3 heteroatoms. The van der Waals surface area contributed by atoms with Crippen LogP contribution in [0.15, 0.2) is 54.6 Å². The van der Waals surface area contributed by atoms with Gasteiger partial charge in [0.25, 0.3) is 0 Å². The van der Waals surface area contributed by atoms with E-state index in [1.807, 2.05) is 30.3 Å². The maximum atomic E-state index is 9.45. The van der Waals surface area contributed by atoms with Gasteiger partial charge in [-0.15, -0.1) is 0 Å². The lowest BCUT2D eigenvalue weighted by Crippen LogP contribution is -2.12. The minimum Gasteiger partial charge on any atom is -0.362 e. The van der Waals surface area contributed by atoms with Crippen LogP contribution in [0.5, 0.6) is 0 Å². The second-order valence-corrected chi connectivity index (χ2v) is 5.71. The van der Waals surface area contributed by atoms with Crippen LogP contribution in [0, 0.1) is 18.3 Å². The standard InChI is InChI=1S/C20H19N3/c1-3-18(15-9-6-7-14(2)11-15)22-20-17(13-21)12-16-8-4-5-10-19(16)23-20/h4-12,18H,3H2,1-2H3,(H,22,23)/t18-/m1/s1. The van der Waals surface area contributed by atoms with Crippen molar-refractivity contribution in [1.29, 1.82) is 5.26 Å². The van der Waals surface area contributed by atoms with Crippen LogP contribution in [0.25, 0.3) is 10.9 Å². The SMILES string of the molecule is CC[C@@H](Nc1nc2ccccc2cc1C#N)c1cccc(C)c1. The molecule has 3 rings (SSSR count). The lowest BCUT2D eigenvalue weighted by Gasteiger charge is -2.19. The van der Waals surface area contributed by atoms with Crippen LogP contribution in [-0.2, 0) is 0 Å². The number of nitriles is 1. The van der Waals surface area contributed by atoms with Crippen molar-refractivity contribution >= 4 is 16.7 Å². The molecule has 0 unspecified atom stereocenters. The summed E-state index contributed by atoms with van der Waals surface area (Å²) in [4.78, 5) is 4.65. The number of hydrogen-bond acceptors (Lipinski definition) is 3. The second kappa shape index (κ2) is 6.50. The fourth-order valence-electron chi connectivity index (χ4n) is 2.78. The van der Waals surface area contributed by atoms with Crippen molar-refractivity contribution in [3.8, 4) is 6.07 Å². The van der Waals surface area contributed by atoms with Gasteiger partial charge in [-0.05, 0) is 31.0 Å². The van der Waals surface area contributed by atoms with Gasteiger partial charge in [-0.3, -0.25) is 0 Å². The van der Waals surface area contributed by atoms with Crippen LogP contribution in [-0.4, -0.2) is 4.98 Å². The zero-order valence-corrected chi connectivity index (χ0v) is 13.4. The average Bonchev–Trinajstić information content (AvgIpc) is 2.58. The number of hydrogen-bond donors (Lipinski definition) is 1. The predicted molar refractivity (Wildman–Crippen MR) is 94.3 cm³/mol. The van der Waals surface area contributed by atoms with Gasteiger partial charge in [-0.2, -0.15) is 5.26 Å². The number of nitrogens with one attached hydrogen (secondary N) is 1. The van der Waals surface area contributed by atoms with Crippen molar-refractivity contribution < 1.29 is 0 Å². The molecule has 1 heterocycles. The summed E-state index contributed by atoms with van der Waals surface area (Å²) in [5.74, 6) is 0.652. The van der Waals surface area contributed by atoms with Crippen LogP contribution in [0.4, 0.5) is 5.82 Å². The minimum absolute atomic E-state index is 0.135. The van der Waals surface area contributed by atoms with Gasteiger partial charge in [0.05, 0.1) is 17.1 Å². The fourth-order valence-corrected chi connectivity index (χ4v) is 2.78. The molecule has 0 radical (unpaired) electrons. The molecule has 0 aliphatic heterocycles. The number of nitrogens with zero attached hydrogens (tertiary/aromatic N) is 2. The zero-order chi connectivity index (χ0) is 16.2. The molecule has 23 heavy (non-hydrogen) atoms. The largest absolute Gasteiger partial charge is 0.362 e. The number of pyridine rings is 1. The van der Waals surface area contributed by atoms with E-state index in [2.05, 4.69) is 54.5 Å². The maximum absolute atomic E-state index is 9.45. The van der Waals surface area contributed by atoms with Crippen LogP contribution < -0.4 is 5.32 Å². The predicted octanol–water partition coefficient (Wildman–Crippen LogP) is 4.98. The smallest absolute Gasteiger partial charge is 0.145 e. The van der Waals surface area contributed by atoms with E-state index < -0.39 is 0 Å². The number of para-hydroxylation sites is 1. The highest BCUT2D eigenvalue weighted by Crippen LogP contribution is 2.26. The van der Waals surface area contributed by atoms with Gasteiger partial charge in [0, 0.05) is 5.39 Å². The van der Waals surface area contributed by atoms with E-state index in [9.17, 15) is 5.26 Å². The Morgan fingerprint density at radius 2 is 1.96 bits per heavy atom. The number of aromatic nitrogens is 1. The van der Waals surface area contributed by atoms with E-state index in [-0.39, 0.29) is 6.04 Å². The van der Waals surface area contributed by atoms with Gasteiger partial charge in [0.15, 0.2) is 0 Å². The van der Waals surface area contributed by atoms with Gasteiger partial charge >= 0.3 is 0 Å². The molecule has 1 aromatic heterocycles. The Kier molecular flexibility index (Phi) is 4.25. The molecule has 0 amide bonds. The van der Waals surface area contributed by atoms with Crippen molar-refractivity contribution in [2.75, 3.05) is 5.32 Å². The third kappa shape index (κ3) is 3.17. The summed E-state index contributed by atoms with van der Waals surface area (Å²) >= 11 is 0. The highest BCUT2D eigenvalue weighted by molar-refractivity contribution is 5.82. The first-order valence-corrected chi connectivity index (χ1v) is 7.84. The van der Waals surface area contributed by atoms with Crippen molar-refractivity contribution in [1.82, 2.24) is 4.98 Å². The molecule has 1 atom stereocenters. The molecule has 0 aliphatic rings. The number of benzene rings is 2. The highest BCUT2D eigenvalue weighted by Gasteiger charge is 2.13. The number of fused-ring (bicyclic) bond motifs is 1. The summed E-state index contributed by atoms with van der Waals surface area (Å²) in [5, 5.41) is 13.9. The monoisotopic (exact) mass is 301 g/mol. The van der Waals surface area contributed by atoms with Gasteiger partial charge < -0.3 is 5.32 Å². The van der Waals surface area contributed by atoms with Crippen LogP contribution in [0.2, 0.25) is 0 Å². The Morgan fingerprint density at radius 1 is 1.13 bits per heavy atom. The molecule has 3 nitrogen and oxygen atoms in total. The summed E-state index contributed by atoms with van der Waals surface area (Å²) in [5.41, 5.74) is 3.92. The Bertz CT molecular complexity index is 877. The summed E-state index contributed by atoms with van der Waals surface area (Å²) < 4.78 is 0. The summed E-state index contributed by atoms with van der Waals surface area (Å²) in [6, 6.07) is 20.6. The van der Waals surface area contributed by atoms with E-state index in [4.69, 9.17) is 0 Å². The lowest BCUT2D eigenvalue weighted by molar-refractivity contribution is 0.744. The zero-order valence-electron chi connectivity index (χ0n) is 13.4. The quantitative estimate of drug-likeness (QED) is 0.739. The summed E-state index contributed by atoms with van der Waals surface area (Å²) in [6.07, 6.45) is 0.919.